The second kappa shape index (κ2) is 12.1. The highest BCUT2D eigenvalue weighted by molar-refractivity contribution is 5.98. The molecule has 0 saturated heterocycles. The molecule has 1 aromatic heterocycles. The molecule has 0 spiro atoms. The minimum atomic E-state index is -0.726. The van der Waals surface area contributed by atoms with E-state index < -0.39 is 12.1 Å². The number of methoxy groups -OCH3 is 3. The summed E-state index contributed by atoms with van der Waals surface area (Å²) in [5, 5.41) is 10.1. The first-order valence-corrected chi connectivity index (χ1v) is 14.0. The van der Waals surface area contributed by atoms with Crippen molar-refractivity contribution in [2.45, 2.75) is 38.8 Å². The number of aromatic nitrogens is 1. The van der Waals surface area contributed by atoms with Crippen LogP contribution >= 0.6 is 0 Å². The number of carbonyl (C=O) groups excluding carboxylic acids is 2. The van der Waals surface area contributed by atoms with Gasteiger partial charge in [-0.2, -0.15) is 0 Å². The van der Waals surface area contributed by atoms with Gasteiger partial charge in [-0.1, -0.05) is 12.1 Å². The number of benzene rings is 2. The Morgan fingerprint density at radius 1 is 0.977 bits per heavy atom. The summed E-state index contributed by atoms with van der Waals surface area (Å²) in [4.78, 5) is 39.0. The van der Waals surface area contributed by atoms with E-state index in [2.05, 4.69) is 16.0 Å². The third kappa shape index (κ3) is 5.73. The van der Waals surface area contributed by atoms with E-state index in [0.717, 1.165) is 22.0 Å². The summed E-state index contributed by atoms with van der Waals surface area (Å²) in [6.45, 7) is 3.15. The average molecular weight is 585 g/mol. The Balaban J connectivity index is 1.54. The van der Waals surface area contributed by atoms with Crippen LogP contribution in [-0.4, -0.2) is 43.8 Å². The largest absolute Gasteiger partial charge is 0.493 e. The number of anilines is 2. The molecule has 10 nitrogen and oxygen atoms in total. The molecule has 43 heavy (non-hydrogen) atoms. The lowest BCUT2D eigenvalue weighted by atomic mass is 9.95. The summed E-state index contributed by atoms with van der Waals surface area (Å²) < 4.78 is 19.1. The van der Waals surface area contributed by atoms with Gasteiger partial charge in [0.1, 0.15) is 6.04 Å². The number of ether oxygens (including phenoxy) is 3. The van der Waals surface area contributed by atoms with E-state index in [4.69, 9.17) is 14.2 Å². The third-order valence-corrected chi connectivity index (χ3v) is 7.84. The lowest BCUT2D eigenvalue weighted by Crippen LogP contribution is -2.33. The van der Waals surface area contributed by atoms with Crippen LogP contribution in [0.5, 0.6) is 17.2 Å². The van der Waals surface area contributed by atoms with Crippen LogP contribution < -0.4 is 35.6 Å². The standard InChI is InChI=1S/C33H36N4O6/c1-18(33(40)36-22-9-7-20-13-14-37(3)27(20)16-22)34-26-12-10-23-24(17-28(26)39)25(35-19(2)38)11-8-21-15-29(41-4)31(42-5)32(43-6)30(21)23/h7,9-10,12-18,25H,8,11H2,1-6H3,(H,34,39)(H,35,38)(H,36,40). The zero-order chi connectivity index (χ0) is 30.8. The molecule has 2 amide bonds. The first-order chi connectivity index (χ1) is 20.6. The Morgan fingerprint density at radius 2 is 1.74 bits per heavy atom. The maximum atomic E-state index is 13.6. The van der Waals surface area contributed by atoms with Crippen LogP contribution in [-0.2, 0) is 23.1 Å². The molecule has 3 N–H and O–H groups in total. The van der Waals surface area contributed by atoms with Crippen molar-refractivity contribution in [3.05, 3.63) is 76.1 Å². The Bertz CT molecular complexity index is 1780. The van der Waals surface area contributed by atoms with Crippen LogP contribution in [0.2, 0.25) is 0 Å². The van der Waals surface area contributed by atoms with Crippen LogP contribution in [0.3, 0.4) is 0 Å². The molecular weight excluding hydrogens is 548 g/mol. The van der Waals surface area contributed by atoms with Gasteiger partial charge in [0.05, 0.1) is 33.1 Å². The van der Waals surface area contributed by atoms with Gasteiger partial charge in [-0.15, -0.1) is 0 Å². The predicted octanol–water partition coefficient (Wildman–Crippen LogP) is 4.79. The van der Waals surface area contributed by atoms with Crippen LogP contribution in [0.25, 0.3) is 22.0 Å². The normalized spacial score (nSPS) is 14.5. The summed E-state index contributed by atoms with van der Waals surface area (Å²) in [5.74, 6) is 0.924. The van der Waals surface area contributed by atoms with Gasteiger partial charge < -0.3 is 34.7 Å². The highest BCUT2D eigenvalue weighted by Gasteiger charge is 2.29. The summed E-state index contributed by atoms with van der Waals surface area (Å²) >= 11 is 0. The maximum Gasteiger partial charge on any atom is 0.246 e. The van der Waals surface area contributed by atoms with E-state index in [1.54, 1.807) is 27.2 Å². The number of fused-ring (bicyclic) bond motifs is 4. The molecule has 1 heterocycles. The Morgan fingerprint density at radius 3 is 2.44 bits per heavy atom. The third-order valence-electron chi connectivity index (χ3n) is 7.84. The van der Waals surface area contributed by atoms with Crippen molar-refractivity contribution in [2.24, 2.45) is 7.05 Å². The number of rotatable bonds is 8. The minimum Gasteiger partial charge on any atom is -0.493 e. The van der Waals surface area contributed by atoms with Crippen LogP contribution in [0.4, 0.5) is 11.4 Å². The van der Waals surface area contributed by atoms with Crippen molar-refractivity contribution in [1.82, 2.24) is 9.88 Å². The zero-order valence-corrected chi connectivity index (χ0v) is 25.2. The van der Waals surface area contributed by atoms with Gasteiger partial charge in [-0.05, 0) is 78.2 Å². The van der Waals surface area contributed by atoms with Gasteiger partial charge in [0, 0.05) is 36.9 Å². The fourth-order valence-corrected chi connectivity index (χ4v) is 5.72. The molecule has 0 bridgehead atoms. The predicted molar refractivity (Wildman–Crippen MR) is 167 cm³/mol. The SMILES string of the molecule is COc1cc2c(c(OC)c1OC)-c1ccc(NC(C)C(=O)Nc3ccc4ccn(C)c4c3)c(=O)cc1C(NC(C)=O)CC2. The monoisotopic (exact) mass is 584 g/mol. The van der Waals surface area contributed by atoms with Gasteiger partial charge in [0.2, 0.25) is 23.0 Å². The number of nitrogens with one attached hydrogen (secondary N) is 3. The number of carbonyl (C=O) groups is 2. The highest BCUT2D eigenvalue weighted by atomic mass is 16.5. The highest BCUT2D eigenvalue weighted by Crippen LogP contribution is 2.50. The van der Waals surface area contributed by atoms with E-state index in [1.165, 1.54) is 20.1 Å². The zero-order valence-electron chi connectivity index (χ0n) is 25.2. The van der Waals surface area contributed by atoms with Crippen LogP contribution in [0.1, 0.15) is 37.4 Å². The molecule has 1 aliphatic rings. The van der Waals surface area contributed by atoms with Gasteiger partial charge in [0.25, 0.3) is 0 Å². The Hall–Kier alpha value is -4.99. The average Bonchev–Trinajstić information content (AvgIpc) is 3.19. The molecule has 0 aliphatic heterocycles. The number of hydrogen-bond donors (Lipinski definition) is 3. The molecule has 2 unspecified atom stereocenters. The summed E-state index contributed by atoms with van der Waals surface area (Å²) in [5.41, 5.74) is 4.63. The molecule has 224 valence electrons. The van der Waals surface area contributed by atoms with Crippen LogP contribution in [0.15, 0.2) is 59.5 Å². The van der Waals surface area contributed by atoms with Gasteiger partial charge in [0.15, 0.2) is 11.5 Å². The number of hydrogen-bond acceptors (Lipinski definition) is 7. The van der Waals surface area contributed by atoms with Crippen molar-refractivity contribution < 1.29 is 23.8 Å². The van der Waals surface area contributed by atoms with Crippen molar-refractivity contribution >= 4 is 34.1 Å². The first kappa shape index (κ1) is 29.5. The first-order valence-electron chi connectivity index (χ1n) is 14.0. The summed E-state index contributed by atoms with van der Waals surface area (Å²) in [6.07, 6.45) is 3.11. The fraction of sp³-hybridized carbons (Fsp3) is 0.303. The molecule has 0 fully saturated rings. The lowest BCUT2D eigenvalue weighted by Gasteiger charge is -2.19. The summed E-state index contributed by atoms with van der Waals surface area (Å²) in [7, 11) is 6.60. The molecular formula is C33H36N4O6. The lowest BCUT2D eigenvalue weighted by molar-refractivity contribution is -0.119. The molecule has 10 heteroatoms. The van der Waals surface area contributed by atoms with Crippen molar-refractivity contribution in [3.8, 4) is 28.4 Å². The molecule has 2 atom stereocenters. The van der Waals surface area contributed by atoms with E-state index in [0.29, 0.717) is 46.9 Å². The van der Waals surface area contributed by atoms with Gasteiger partial charge >= 0.3 is 0 Å². The Kier molecular flexibility index (Phi) is 8.29. The second-order valence-corrected chi connectivity index (χ2v) is 10.7. The van der Waals surface area contributed by atoms with E-state index in [9.17, 15) is 14.4 Å². The maximum absolute atomic E-state index is 13.6. The van der Waals surface area contributed by atoms with Crippen molar-refractivity contribution in [1.29, 1.82) is 0 Å². The number of aryl methyl sites for hydroxylation is 2. The van der Waals surface area contributed by atoms with Crippen LogP contribution in [0, 0.1) is 0 Å². The smallest absolute Gasteiger partial charge is 0.246 e. The molecule has 4 aromatic rings. The summed E-state index contributed by atoms with van der Waals surface area (Å²) in [6, 6.07) is 13.5. The van der Waals surface area contributed by atoms with E-state index in [1.807, 2.05) is 54.2 Å². The minimum absolute atomic E-state index is 0.208. The molecule has 0 radical (unpaired) electrons. The number of amides is 2. The van der Waals surface area contributed by atoms with Gasteiger partial charge in [-0.25, -0.2) is 0 Å². The second-order valence-electron chi connectivity index (χ2n) is 10.7. The molecule has 5 rings (SSSR count). The topological polar surface area (TPSA) is 120 Å². The van der Waals surface area contributed by atoms with Crippen molar-refractivity contribution in [2.75, 3.05) is 32.0 Å². The number of nitrogens with zero attached hydrogens (tertiary/aromatic N) is 1. The van der Waals surface area contributed by atoms with Crippen molar-refractivity contribution in [3.63, 3.8) is 0 Å². The van der Waals surface area contributed by atoms with E-state index in [-0.39, 0.29) is 22.9 Å². The fourth-order valence-electron chi connectivity index (χ4n) is 5.72. The van der Waals surface area contributed by atoms with Gasteiger partial charge in [-0.3, -0.25) is 14.4 Å². The molecule has 0 saturated carbocycles. The van der Waals surface area contributed by atoms with E-state index >= 15 is 0 Å². The quantitative estimate of drug-likeness (QED) is 0.272. The molecule has 1 aliphatic carbocycles. The Labute approximate surface area is 250 Å². The molecule has 3 aromatic carbocycles.